The molecule has 1 aromatic rings. The fraction of sp³-hybridized carbons (Fsp3) is 0.444. The number of carboxylic acid groups (broad SMARTS) is 1. The number of aryl methyl sites for hydroxylation is 1. The second-order valence-electron chi connectivity index (χ2n) is 3.64. The zero-order valence-electron chi connectivity index (χ0n) is 8.11. The van der Waals surface area contributed by atoms with Crippen LogP contribution in [0.2, 0.25) is 0 Å². The predicted octanol–water partition coefficient (Wildman–Crippen LogP) is 0.644. The van der Waals surface area contributed by atoms with Crippen LogP contribution in [-0.4, -0.2) is 19.5 Å². The Morgan fingerprint density at radius 2 is 2.13 bits per heavy atom. The summed E-state index contributed by atoms with van der Waals surface area (Å²) in [5.74, 6) is -0.266. The molecule has 0 aromatic carbocycles. The number of carbonyl (C=O) groups is 1. The van der Waals surface area contributed by atoms with E-state index in [4.69, 9.17) is 9.52 Å². The molecule has 0 bridgehead atoms. The summed E-state index contributed by atoms with van der Waals surface area (Å²) in [5, 5.41) is 8.68. The van der Waals surface area contributed by atoms with Gasteiger partial charge in [0.1, 0.15) is 17.3 Å². The van der Waals surface area contributed by atoms with Gasteiger partial charge in [0.25, 0.3) is 0 Å². The Morgan fingerprint density at radius 3 is 2.73 bits per heavy atom. The monoisotopic (exact) mass is 230 g/mol. The molecule has 1 aliphatic rings. The maximum atomic E-state index is 11.3. The Hall–Kier alpha value is -1.30. The van der Waals surface area contributed by atoms with E-state index in [0.717, 1.165) is 0 Å². The van der Waals surface area contributed by atoms with Crippen LogP contribution in [0.15, 0.2) is 4.42 Å². The summed E-state index contributed by atoms with van der Waals surface area (Å²) in [6.45, 7) is 1.66. The summed E-state index contributed by atoms with van der Waals surface area (Å²) in [7, 11) is -3.12. The fourth-order valence-electron chi connectivity index (χ4n) is 1.83. The molecule has 2 rings (SSSR count). The van der Waals surface area contributed by atoms with Gasteiger partial charge >= 0.3 is 5.97 Å². The van der Waals surface area contributed by atoms with E-state index in [-0.39, 0.29) is 17.9 Å². The molecule has 0 fully saturated rings. The maximum absolute atomic E-state index is 11.3. The molecule has 0 radical (unpaired) electrons. The van der Waals surface area contributed by atoms with Crippen molar-refractivity contribution in [3.63, 3.8) is 0 Å². The Balaban J connectivity index is 2.46. The number of aliphatic carboxylic acids is 1. The summed E-state index contributed by atoms with van der Waals surface area (Å²) in [6, 6.07) is 0. The molecule has 0 saturated heterocycles. The second kappa shape index (κ2) is 3.10. The molecule has 0 amide bonds. The SMILES string of the molecule is Cc1oc2c(c1CC(=O)O)CS(=O)(=O)C2. The lowest BCUT2D eigenvalue weighted by Gasteiger charge is -1.97. The van der Waals surface area contributed by atoms with E-state index >= 15 is 0 Å². The van der Waals surface area contributed by atoms with Gasteiger partial charge in [-0.2, -0.15) is 0 Å². The lowest BCUT2D eigenvalue weighted by molar-refractivity contribution is -0.136. The fourth-order valence-corrected chi connectivity index (χ4v) is 3.34. The molecular weight excluding hydrogens is 220 g/mol. The van der Waals surface area contributed by atoms with E-state index in [1.54, 1.807) is 6.92 Å². The highest BCUT2D eigenvalue weighted by molar-refractivity contribution is 7.90. The van der Waals surface area contributed by atoms with E-state index < -0.39 is 15.8 Å². The van der Waals surface area contributed by atoms with Crippen molar-refractivity contribution >= 4 is 15.8 Å². The van der Waals surface area contributed by atoms with Crippen molar-refractivity contribution in [1.82, 2.24) is 0 Å². The predicted molar refractivity (Wildman–Crippen MR) is 51.1 cm³/mol. The van der Waals surface area contributed by atoms with E-state index in [1.807, 2.05) is 0 Å². The highest BCUT2D eigenvalue weighted by Gasteiger charge is 2.32. The molecule has 0 atom stereocenters. The van der Waals surface area contributed by atoms with Gasteiger partial charge in [0.15, 0.2) is 9.84 Å². The second-order valence-corrected chi connectivity index (χ2v) is 5.71. The first-order chi connectivity index (χ1) is 6.89. The van der Waals surface area contributed by atoms with Gasteiger partial charge < -0.3 is 9.52 Å². The number of hydrogen-bond donors (Lipinski definition) is 1. The minimum absolute atomic E-state index is 0.0950. The molecule has 2 heterocycles. The van der Waals surface area contributed by atoms with Gasteiger partial charge in [0, 0.05) is 11.1 Å². The topological polar surface area (TPSA) is 84.6 Å². The molecular formula is C9H10O5S. The Kier molecular flexibility index (Phi) is 2.11. The van der Waals surface area contributed by atoms with Crippen LogP contribution in [0.3, 0.4) is 0 Å². The first kappa shape index (κ1) is 10.2. The number of sulfone groups is 1. The van der Waals surface area contributed by atoms with Crippen molar-refractivity contribution in [2.75, 3.05) is 0 Å². The molecule has 0 aliphatic carbocycles. The van der Waals surface area contributed by atoms with Crippen LogP contribution >= 0.6 is 0 Å². The zero-order valence-corrected chi connectivity index (χ0v) is 8.93. The minimum atomic E-state index is -3.12. The Morgan fingerprint density at radius 1 is 1.47 bits per heavy atom. The van der Waals surface area contributed by atoms with Gasteiger partial charge in [0.05, 0.1) is 12.2 Å². The first-order valence-corrected chi connectivity index (χ1v) is 6.23. The van der Waals surface area contributed by atoms with Crippen LogP contribution in [0.4, 0.5) is 0 Å². The van der Waals surface area contributed by atoms with Crippen LogP contribution in [-0.2, 0) is 32.6 Å². The molecule has 0 spiro atoms. The van der Waals surface area contributed by atoms with Crippen molar-refractivity contribution in [1.29, 1.82) is 0 Å². The number of fused-ring (bicyclic) bond motifs is 1. The summed E-state index contributed by atoms with van der Waals surface area (Å²) in [6.07, 6.45) is -0.180. The number of hydrogen-bond acceptors (Lipinski definition) is 4. The minimum Gasteiger partial charge on any atom is -0.481 e. The summed E-state index contributed by atoms with van der Waals surface area (Å²) in [5.41, 5.74) is 1.06. The van der Waals surface area contributed by atoms with Crippen molar-refractivity contribution in [2.24, 2.45) is 0 Å². The van der Waals surface area contributed by atoms with E-state index in [2.05, 4.69) is 0 Å². The van der Waals surface area contributed by atoms with Crippen LogP contribution in [0.25, 0.3) is 0 Å². The standard InChI is InChI=1S/C9H10O5S/c1-5-6(2-9(10)11)7-3-15(12,13)4-8(7)14-5/h2-4H2,1H3,(H,10,11). The lowest BCUT2D eigenvalue weighted by Crippen LogP contribution is -2.04. The largest absolute Gasteiger partial charge is 0.481 e. The third kappa shape index (κ3) is 1.77. The molecule has 0 saturated carbocycles. The quantitative estimate of drug-likeness (QED) is 0.806. The average Bonchev–Trinajstić information content (AvgIpc) is 2.47. The van der Waals surface area contributed by atoms with Gasteiger partial charge in [-0.05, 0) is 6.92 Å². The molecule has 15 heavy (non-hydrogen) atoms. The number of carboxylic acids is 1. The van der Waals surface area contributed by atoms with Crippen LogP contribution in [0.1, 0.15) is 22.6 Å². The highest BCUT2D eigenvalue weighted by atomic mass is 32.2. The summed E-state index contributed by atoms with van der Waals surface area (Å²) >= 11 is 0. The van der Waals surface area contributed by atoms with E-state index in [1.165, 1.54) is 0 Å². The van der Waals surface area contributed by atoms with E-state index in [0.29, 0.717) is 22.6 Å². The number of rotatable bonds is 2. The molecule has 1 N–H and O–H groups in total. The molecule has 0 unspecified atom stereocenters. The molecule has 6 heteroatoms. The van der Waals surface area contributed by atoms with Crippen molar-refractivity contribution < 1.29 is 22.7 Å². The van der Waals surface area contributed by atoms with Crippen molar-refractivity contribution in [3.05, 3.63) is 22.6 Å². The van der Waals surface area contributed by atoms with Gasteiger partial charge in [0.2, 0.25) is 0 Å². The van der Waals surface area contributed by atoms with Gasteiger partial charge in [-0.3, -0.25) is 4.79 Å². The smallest absolute Gasteiger partial charge is 0.307 e. The van der Waals surface area contributed by atoms with Crippen molar-refractivity contribution in [3.8, 4) is 0 Å². The lowest BCUT2D eigenvalue weighted by atomic mass is 10.1. The normalized spacial score (nSPS) is 17.7. The van der Waals surface area contributed by atoms with Crippen molar-refractivity contribution in [2.45, 2.75) is 24.9 Å². The zero-order chi connectivity index (χ0) is 11.2. The maximum Gasteiger partial charge on any atom is 0.307 e. The Labute approximate surface area is 86.6 Å². The molecule has 5 nitrogen and oxygen atoms in total. The third-order valence-corrected chi connectivity index (χ3v) is 3.88. The van der Waals surface area contributed by atoms with Crippen LogP contribution < -0.4 is 0 Å². The van der Waals surface area contributed by atoms with Gasteiger partial charge in [-0.15, -0.1) is 0 Å². The van der Waals surface area contributed by atoms with Crippen LogP contribution in [0.5, 0.6) is 0 Å². The van der Waals surface area contributed by atoms with Crippen LogP contribution in [0, 0.1) is 6.92 Å². The molecule has 82 valence electrons. The molecule has 1 aromatic heterocycles. The van der Waals surface area contributed by atoms with Gasteiger partial charge in [-0.1, -0.05) is 0 Å². The van der Waals surface area contributed by atoms with E-state index in [9.17, 15) is 13.2 Å². The Bertz CT molecular complexity index is 523. The molecule has 1 aliphatic heterocycles. The summed E-state index contributed by atoms with van der Waals surface area (Å²) in [4.78, 5) is 10.6. The highest BCUT2D eigenvalue weighted by Crippen LogP contribution is 2.32. The summed E-state index contributed by atoms with van der Waals surface area (Å²) < 4.78 is 27.8. The average molecular weight is 230 g/mol. The number of furan rings is 1. The third-order valence-electron chi connectivity index (χ3n) is 2.45. The first-order valence-electron chi connectivity index (χ1n) is 4.41. The van der Waals surface area contributed by atoms with Gasteiger partial charge in [-0.25, -0.2) is 8.42 Å².